The van der Waals surface area contributed by atoms with Gasteiger partial charge in [-0.3, -0.25) is 0 Å². The first-order valence-electron chi connectivity index (χ1n) is 1.53. The van der Waals surface area contributed by atoms with Crippen LogP contribution in [0, 0.1) is 0 Å². The van der Waals surface area contributed by atoms with Crippen molar-refractivity contribution < 1.29 is 36.7 Å². The Bertz CT molecular complexity index is 65.5. The van der Waals surface area contributed by atoms with Crippen molar-refractivity contribution in [1.29, 1.82) is 0 Å². The molecular formula is C3H9NO3Ti. The molecule has 0 rings (SSSR count). The second kappa shape index (κ2) is 7.10. The summed E-state index contributed by atoms with van der Waals surface area (Å²) < 4.78 is 0. The molecule has 0 aliphatic carbocycles. The average Bonchev–Trinajstić information content (AvgIpc) is 1.36. The molecule has 1 atom stereocenters. The van der Waals surface area contributed by atoms with Gasteiger partial charge in [0.15, 0.2) is 0 Å². The van der Waals surface area contributed by atoms with Gasteiger partial charge >= 0.3 is 0 Å². The maximum Gasteiger partial charge on any atom is 0.0905 e. The monoisotopic (exact) mass is 155 g/mol. The summed E-state index contributed by atoms with van der Waals surface area (Å²) in [5, 5.41) is 17.3. The molecule has 0 aromatic carbocycles. The van der Waals surface area contributed by atoms with Crippen LogP contribution >= 0.6 is 0 Å². The Balaban J connectivity index is -0.000000125. The van der Waals surface area contributed by atoms with Crippen LogP contribution in [0.2, 0.25) is 0 Å². The van der Waals surface area contributed by atoms with Crippen molar-refractivity contribution >= 4 is 5.97 Å². The van der Waals surface area contributed by atoms with E-state index in [4.69, 9.17) is 5.11 Å². The van der Waals surface area contributed by atoms with Crippen LogP contribution in [0.15, 0.2) is 0 Å². The Hall–Kier alpha value is 0.104. The zero-order valence-corrected chi connectivity index (χ0v) is 6.40. The van der Waals surface area contributed by atoms with E-state index in [0.29, 0.717) is 0 Å². The summed E-state index contributed by atoms with van der Waals surface area (Å²) in [6, 6.07) is 0. The van der Waals surface area contributed by atoms with Crippen molar-refractivity contribution in [3.8, 4) is 0 Å². The van der Waals surface area contributed by atoms with Gasteiger partial charge in [-0.05, 0) is 6.92 Å². The summed E-state index contributed by atoms with van der Waals surface area (Å²) in [6.45, 7) is 1.13. The SMILES string of the molecule is CC(O)C(=O)[O-].[NH4+].[Ti]. The molecule has 5 heteroatoms. The van der Waals surface area contributed by atoms with Crippen molar-refractivity contribution in [2.45, 2.75) is 13.0 Å². The summed E-state index contributed by atoms with van der Waals surface area (Å²) in [6.07, 6.45) is -1.34. The molecule has 0 aromatic heterocycles. The normalized spacial score (nSPS) is 10.2. The first-order valence-corrected chi connectivity index (χ1v) is 1.53. The van der Waals surface area contributed by atoms with Crippen LogP contribution in [0.5, 0.6) is 0 Å². The summed E-state index contributed by atoms with van der Waals surface area (Å²) in [5.74, 6) is -1.44. The Labute approximate surface area is 62.4 Å². The van der Waals surface area contributed by atoms with E-state index in [1.54, 1.807) is 0 Å². The molecule has 8 heavy (non-hydrogen) atoms. The largest absolute Gasteiger partial charge is 0.547 e. The number of carbonyl (C=O) groups is 1. The van der Waals surface area contributed by atoms with E-state index in [9.17, 15) is 9.90 Å². The van der Waals surface area contributed by atoms with Crippen LogP contribution in [0.25, 0.3) is 0 Å². The second-order valence-corrected chi connectivity index (χ2v) is 0.995. The number of rotatable bonds is 1. The third kappa shape index (κ3) is 9.44. The Morgan fingerprint density at radius 2 is 1.88 bits per heavy atom. The average molecular weight is 155 g/mol. The Kier molecular flexibility index (Phi) is 13.9. The maximum atomic E-state index is 9.34. The molecule has 0 amide bonds. The number of hydrogen-bond acceptors (Lipinski definition) is 3. The fourth-order valence-corrected chi connectivity index (χ4v) is 0. The molecule has 0 fully saturated rings. The maximum absolute atomic E-state index is 9.34. The number of aliphatic hydroxyl groups is 1. The number of aliphatic hydroxyl groups excluding tert-OH is 1. The standard InChI is InChI=1S/C3H6O3.H3N.Ti/c1-2(4)3(5)6;;/h2,4H,1H3,(H,5,6);1H3;. The van der Waals surface area contributed by atoms with Crippen LogP contribution in [0.3, 0.4) is 0 Å². The van der Waals surface area contributed by atoms with Crippen molar-refractivity contribution in [3.63, 3.8) is 0 Å². The fraction of sp³-hybridized carbons (Fsp3) is 0.667. The zero-order valence-electron chi connectivity index (χ0n) is 4.84. The molecule has 0 saturated heterocycles. The van der Waals surface area contributed by atoms with E-state index >= 15 is 0 Å². The molecule has 0 aromatic rings. The minimum absolute atomic E-state index is 0. The number of carbonyl (C=O) groups excluding carboxylic acids is 1. The minimum atomic E-state index is -1.44. The van der Waals surface area contributed by atoms with Crippen LogP contribution in [-0.2, 0) is 26.5 Å². The van der Waals surface area contributed by atoms with Gasteiger partial charge in [-0.25, -0.2) is 0 Å². The quantitative estimate of drug-likeness (QED) is 0.450. The van der Waals surface area contributed by atoms with Crippen molar-refractivity contribution in [2.24, 2.45) is 0 Å². The van der Waals surface area contributed by atoms with Crippen LogP contribution in [0.4, 0.5) is 0 Å². The van der Waals surface area contributed by atoms with E-state index in [1.165, 1.54) is 0 Å². The number of hydrogen-bond donors (Lipinski definition) is 2. The van der Waals surface area contributed by atoms with Gasteiger partial charge in [-0.1, -0.05) is 0 Å². The fourth-order valence-electron chi connectivity index (χ4n) is 0. The van der Waals surface area contributed by atoms with Crippen molar-refractivity contribution in [2.75, 3.05) is 0 Å². The van der Waals surface area contributed by atoms with Crippen molar-refractivity contribution in [3.05, 3.63) is 0 Å². The number of carboxylic acid groups (broad SMARTS) is 1. The Morgan fingerprint density at radius 1 is 1.75 bits per heavy atom. The van der Waals surface area contributed by atoms with E-state index < -0.39 is 12.1 Å². The summed E-state index contributed by atoms with van der Waals surface area (Å²) in [4.78, 5) is 9.34. The molecule has 0 radical (unpaired) electrons. The molecule has 5 N–H and O–H groups in total. The molecule has 0 aliphatic rings. The summed E-state index contributed by atoms with van der Waals surface area (Å²) >= 11 is 0. The molecule has 0 heterocycles. The molecule has 4 nitrogen and oxygen atoms in total. The molecule has 1 unspecified atom stereocenters. The number of quaternary nitrogens is 1. The first-order chi connectivity index (χ1) is 2.64. The van der Waals surface area contributed by atoms with E-state index in [2.05, 4.69) is 0 Å². The van der Waals surface area contributed by atoms with Gasteiger partial charge in [-0.15, -0.1) is 0 Å². The first kappa shape index (κ1) is 15.7. The molecule has 0 saturated carbocycles. The third-order valence-corrected chi connectivity index (χ3v) is 0.341. The molecular weight excluding hydrogens is 146 g/mol. The smallest absolute Gasteiger partial charge is 0.0905 e. The summed E-state index contributed by atoms with van der Waals surface area (Å²) in [7, 11) is 0. The van der Waals surface area contributed by atoms with E-state index in [-0.39, 0.29) is 27.9 Å². The molecule has 0 bridgehead atoms. The number of aliphatic carboxylic acids is 1. The van der Waals surface area contributed by atoms with Gasteiger partial charge in [0.05, 0.1) is 12.1 Å². The van der Waals surface area contributed by atoms with Crippen LogP contribution < -0.4 is 11.3 Å². The summed E-state index contributed by atoms with van der Waals surface area (Å²) in [5.41, 5.74) is 0. The number of carboxylic acids is 1. The molecule has 0 spiro atoms. The molecule has 48 valence electrons. The topological polar surface area (TPSA) is 96.9 Å². The zero-order chi connectivity index (χ0) is 5.15. The van der Waals surface area contributed by atoms with Gasteiger partial charge in [0, 0.05) is 21.7 Å². The van der Waals surface area contributed by atoms with Gasteiger partial charge in [-0.2, -0.15) is 0 Å². The van der Waals surface area contributed by atoms with Gasteiger partial charge in [0.1, 0.15) is 0 Å². The van der Waals surface area contributed by atoms with Gasteiger partial charge in [0.2, 0.25) is 0 Å². The van der Waals surface area contributed by atoms with Crippen LogP contribution in [0.1, 0.15) is 6.92 Å². The predicted octanol–water partition coefficient (Wildman–Crippen LogP) is -1.51. The van der Waals surface area contributed by atoms with Gasteiger partial charge < -0.3 is 21.2 Å². The third-order valence-electron chi connectivity index (χ3n) is 0.341. The Morgan fingerprint density at radius 3 is 1.88 bits per heavy atom. The minimum Gasteiger partial charge on any atom is -0.547 e. The van der Waals surface area contributed by atoms with Crippen molar-refractivity contribution in [1.82, 2.24) is 6.15 Å². The molecule has 0 aliphatic heterocycles. The predicted molar refractivity (Wildman–Crippen MR) is 22.7 cm³/mol. The van der Waals surface area contributed by atoms with E-state index in [1.807, 2.05) is 0 Å². The van der Waals surface area contributed by atoms with Gasteiger partial charge in [0.25, 0.3) is 0 Å². The second-order valence-electron chi connectivity index (χ2n) is 0.995. The van der Waals surface area contributed by atoms with E-state index in [0.717, 1.165) is 6.92 Å². The van der Waals surface area contributed by atoms with Crippen LogP contribution in [-0.4, -0.2) is 17.2 Å².